The van der Waals surface area contributed by atoms with Crippen LogP contribution in [0.4, 0.5) is 0 Å². The van der Waals surface area contributed by atoms with Crippen molar-refractivity contribution >= 4 is 11.6 Å². The van der Waals surface area contributed by atoms with Gasteiger partial charge in [-0.1, -0.05) is 31.9 Å². The Morgan fingerprint density at radius 2 is 2.16 bits per heavy atom. The van der Waals surface area contributed by atoms with Gasteiger partial charge in [0.25, 0.3) is 0 Å². The maximum absolute atomic E-state index is 6.40. The largest absolute Gasteiger partial charge is 0.496 e. The van der Waals surface area contributed by atoms with E-state index in [-0.39, 0.29) is 0 Å². The van der Waals surface area contributed by atoms with Crippen LogP contribution in [0.5, 0.6) is 5.75 Å². The number of hydrogen-bond acceptors (Lipinski definition) is 2. The number of halogens is 1. The quantitative estimate of drug-likeness (QED) is 0.895. The molecule has 1 saturated heterocycles. The standard InChI is InChI=1S/C16H24ClNO/c1-11(2)14-10-16(19-3)12(9-15(14)17)8-13-6-4-5-7-18-13/h9-11,13,18H,4-8H2,1-3H3. The van der Waals surface area contributed by atoms with Gasteiger partial charge in [0, 0.05) is 11.1 Å². The van der Waals surface area contributed by atoms with Crippen molar-refractivity contribution in [1.82, 2.24) is 5.32 Å². The van der Waals surface area contributed by atoms with Crippen LogP contribution in [0, 0.1) is 0 Å². The monoisotopic (exact) mass is 281 g/mol. The molecular weight excluding hydrogens is 258 g/mol. The maximum Gasteiger partial charge on any atom is 0.122 e. The zero-order valence-electron chi connectivity index (χ0n) is 12.1. The molecule has 0 spiro atoms. The SMILES string of the molecule is COc1cc(C(C)C)c(Cl)cc1CC1CCCCN1. The third-order valence-corrected chi connectivity index (χ3v) is 4.23. The molecular formula is C16H24ClNO. The lowest BCUT2D eigenvalue weighted by atomic mass is 9.94. The van der Waals surface area contributed by atoms with Gasteiger partial charge in [-0.3, -0.25) is 0 Å². The average molecular weight is 282 g/mol. The van der Waals surface area contributed by atoms with Gasteiger partial charge in [-0.15, -0.1) is 0 Å². The van der Waals surface area contributed by atoms with E-state index in [9.17, 15) is 0 Å². The summed E-state index contributed by atoms with van der Waals surface area (Å²) in [5.74, 6) is 1.39. The molecule has 1 heterocycles. The fourth-order valence-corrected chi connectivity index (χ4v) is 3.17. The van der Waals surface area contributed by atoms with Crippen LogP contribution in [0.3, 0.4) is 0 Å². The summed E-state index contributed by atoms with van der Waals surface area (Å²) in [7, 11) is 1.74. The smallest absolute Gasteiger partial charge is 0.122 e. The molecule has 1 aromatic rings. The first kappa shape index (κ1) is 14.7. The van der Waals surface area contributed by atoms with Crippen LogP contribution in [0.1, 0.15) is 50.2 Å². The second-order valence-corrected chi connectivity index (χ2v) is 6.10. The van der Waals surface area contributed by atoms with Gasteiger partial charge in [0.05, 0.1) is 7.11 Å². The maximum atomic E-state index is 6.40. The molecule has 0 saturated carbocycles. The second kappa shape index (κ2) is 6.62. The van der Waals surface area contributed by atoms with E-state index in [2.05, 4.69) is 31.3 Å². The fraction of sp³-hybridized carbons (Fsp3) is 0.625. The van der Waals surface area contributed by atoms with Crippen LogP contribution in [0.2, 0.25) is 5.02 Å². The molecule has 1 aromatic carbocycles. The highest BCUT2D eigenvalue weighted by atomic mass is 35.5. The lowest BCUT2D eigenvalue weighted by Gasteiger charge is -2.24. The summed E-state index contributed by atoms with van der Waals surface area (Å²) >= 11 is 6.40. The lowest BCUT2D eigenvalue weighted by Crippen LogP contribution is -2.35. The van der Waals surface area contributed by atoms with Crippen molar-refractivity contribution in [3.63, 3.8) is 0 Å². The van der Waals surface area contributed by atoms with Gasteiger partial charge in [0.1, 0.15) is 5.75 Å². The van der Waals surface area contributed by atoms with Crippen LogP contribution in [-0.4, -0.2) is 19.7 Å². The number of rotatable bonds is 4. The summed E-state index contributed by atoms with van der Waals surface area (Å²) in [4.78, 5) is 0. The Labute approximate surface area is 121 Å². The van der Waals surface area contributed by atoms with Crippen molar-refractivity contribution in [2.45, 2.75) is 51.5 Å². The van der Waals surface area contributed by atoms with Crippen LogP contribution in [-0.2, 0) is 6.42 Å². The second-order valence-electron chi connectivity index (χ2n) is 5.69. The molecule has 0 amide bonds. The van der Waals surface area contributed by atoms with Crippen molar-refractivity contribution in [2.24, 2.45) is 0 Å². The van der Waals surface area contributed by atoms with Gasteiger partial charge in [-0.25, -0.2) is 0 Å². The number of methoxy groups -OCH3 is 1. The number of hydrogen-bond donors (Lipinski definition) is 1. The molecule has 1 N–H and O–H groups in total. The van der Waals surface area contributed by atoms with Gasteiger partial charge in [-0.05, 0) is 55.0 Å². The van der Waals surface area contributed by atoms with Crippen molar-refractivity contribution in [3.8, 4) is 5.75 Å². The van der Waals surface area contributed by atoms with Crippen molar-refractivity contribution < 1.29 is 4.74 Å². The zero-order valence-corrected chi connectivity index (χ0v) is 12.9. The van der Waals surface area contributed by atoms with E-state index in [4.69, 9.17) is 16.3 Å². The topological polar surface area (TPSA) is 21.3 Å². The summed E-state index contributed by atoms with van der Waals surface area (Å²) in [6, 6.07) is 4.75. The molecule has 106 valence electrons. The van der Waals surface area contributed by atoms with Gasteiger partial charge in [0.15, 0.2) is 0 Å². The number of nitrogens with one attached hydrogen (secondary N) is 1. The summed E-state index contributed by atoms with van der Waals surface area (Å²) in [6.07, 6.45) is 4.85. The van der Waals surface area contributed by atoms with Gasteiger partial charge < -0.3 is 10.1 Å². The molecule has 1 fully saturated rings. The normalized spacial score (nSPS) is 19.7. The Morgan fingerprint density at radius 3 is 2.74 bits per heavy atom. The van der Waals surface area contributed by atoms with E-state index < -0.39 is 0 Å². The predicted octanol–water partition coefficient (Wildman–Crippen LogP) is 4.16. The van der Waals surface area contributed by atoms with E-state index in [1.165, 1.54) is 30.4 Å². The first-order valence-corrected chi connectivity index (χ1v) is 7.59. The summed E-state index contributed by atoms with van der Waals surface area (Å²) in [6.45, 7) is 5.44. The Balaban J connectivity index is 2.21. The first-order chi connectivity index (χ1) is 9.11. The average Bonchev–Trinajstić information content (AvgIpc) is 2.39. The van der Waals surface area contributed by atoms with E-state index in [1.807, 2.05) is 0 Å². The molecule has 1 unspecified atom stereocenters. The molecule has 1 aliphatic heterocycles. The van der Waals surface area contributed by atoms with Crippen molar-refractivity contribution in [2.75, 3.05) is 13.7 Å². The first-order valence-electron chi connectivity index (χ1n) is 7.21. The minimum atomic E-state index is 0.420. The van der Waals surface area contributed by atoms with Crippen LogP contribution < -0.4 is 10.1 Å². The summed E-state index contributed by atoms with van der Waals surface area (Å²) in [5, 5.41) is 4.44. The third kappa shape index (κ3) is 3.64. The molecule has 0 bridgehead atoms. The highest BCUT2D eigenvalue weighted by Gasteiger charge is 2.17. The minimum absolute atomic E-state index is 0.420. The molecule has 3 heteroatoms. The predicted molar refractivity (Wildman–Crippen MR) is 81.4 cm³/mol. The summed E-state index contributed by atoms with van der Waals surface area (Å²) < 4.78 is 5.55. The van der Waals surface area contributed by atoms with Gasteiger partial charge >= 0.3 is 0 Å². The summed E-state index contributed by atoms with van der Waals surface area (Å²) in [5.41, 5.74) is 2.38. The number of ether oxygens (including phenoxy) is 1. The molecule has 19 heavy (non-hydrogen) atoms. The van der Waals surface area contributed by atoms with Gasteiger partial charge in [-0.2, -0.15) is 0 Å². The Hall–Kier alpha value is -0.730. The Bertz CT molecular complexity index is 425. The van der Waals surface area contributed by atoms with E-state index >= 15 is 0 Å². The minimum Gasteiger partial charge on any atom is -0.496 e. The molecule has 1 aliphatic rings. The number of benzene rings is 1. The molecule has 0 aliphatic carbocycles. The third-order valence-electron chi connectivity index (χ3n) is 3.90. The molecule has 1 atom stereocenters. The highest BCUT2D eigenvalue weighted by Crippen LogP contribution is 2.32. The van der Waals surface area contributed by atoms with Crippen molar-refractivity contribution in [1.29, 1.82) is 0 Å². The van der Waals surface area contributed by atoms with Crippen LogP contribution in [0.25, 0.3) is 0 Å². The van der Waals surface area contributed by atoms with E-state index in [1.54, 1.807) is 7.11 Å². The molecule has 2 rings (SSSR count). The Kier molecular flexibility index (Phi) is 5.12. The Morgan fingerprint density at radius 1 is 1.37 bits per heavy atom. The van der Waals surface area contributed by atoms with Crippen LogP contribution >= 0.6 is 11.6 Å². The van der Waals surface area contributed by atoms with Gasteiger partial charge in [0.2, 0.25) is 0 Å². The van der Waals surface area contributed by atoms with Crippen molar-refractivity contribution in [3.05, 3.63) is 28.3 Å². The zero-order chi connectivity index (χ0) is 13.8. The van der Waals surface area contributed by atoms with Crippen LogP contribution in [0.15, 0.2) is 12.1 Å². The molecule has 0 radical (unpaired) electrons. The highest BCUT2D eigenvalue weighted by molar-refractivity contribution is 6.31. The molecule has 0 aromatic heterocycles. The van der Waals surface area contributed by atoms with E-state index in [0.717, 1.165) is 23.7 Å². The molecule has 2 nitrogen and oxygen atoms in total. The van der Waals surface area contributed by atoms with E-state index in [0.29, 0.717) is 12.0 Å². The fourth-order valence-electron chi connectivity index (χ4n) is 2.77. The number of piperidine rings is 1. The lowest BCUT2D eigenvalue weighted by molar-refractivity contribution is 0.381.